The summed E-state index contributed by atoms with van der Waals surface area (Å²) in [6, 6.07) is 8.50. The molecule has 0 atom stereocenters. The van der Waals surface area contributed by atoms with E-state index < -0.39 is 0 Å². The number of amides is 1. The largest absolute Gasteiger partial charge is 0.349 e. The zero-order chi connectivity index (χ0) is 17.1. The third kappa shape index (κ3) is 3.49. The maximum atomic E-state index is 12.7. The Morgan fingerprint density at radius 1 is 1.17 bits per heavy atom. The van der Waals surface area contributed by atoms with E-state index in [1.807, 2.05) is 13.8 Å². The molecule has 3 nitrogen and oxygen atoms in total. The molecule has 0 bridgehead atoms. The molecule has 23 heavy (non-hydrogen) atoms. The lowest BCUT2D eigenvalue weighted by molar-refractivity contribution is 0.0933. The Balaban J connectivity index is 2.53. The van der Waals surface area contributed by atoms with E-state index in [9.17, 15) is 4.79 Å². The first-order valence-corrected chi connectivity index (χ1v) is 8.40. The maximum Gasteiger partial charge on any atom is 0.268 e. The lowest BCUT2D eigenvalue weighted by atomic mass is 10.1. The van der Waals surface area contributed by atoms with Gasteiger partial charge in [0.2, 0.25) is 0 Å². The van der Waals surface area contributed by atoms with Crippen LogP contribution >= 0.6 is 0 Å². The van der Waals surface area contributed by atoms with E-state index >= 15 is 0 Å². The minimum Gasteiger partial charge on any atom is -0.349 e. The van der Waals surface area contributed by atoms with Crippen molar-refractivity contribution in [2.24, 2.45) is 0 Å². The molecule has 0 aliphatic carbocycles. The molecular weight excluding hydrogens is 284 g/mol. The summed E-state index contributed by atoms with van der Waals surface area (Å²) in [5.74, 6) is 0.0221. The number of aromatic nitrogens is 1. The average Bonchev–Trinajstić information content (AvgIpc) is 2.71. The predicted molar refractivity (Wildman–Crippen MR) is 96.2 cm³/mol. The van der Waals surface area contributed by atoms with Crippen LogP contribution in [0.25, 0.3) is 0 Å². The second-order valence-electron chi connectivity index (χ2n) is 6.53. The average molecular weight is 312 g/mol. The Hall–Kier alpha value is -2.03. The molecule has 1 aromatic heterocycles. The third-order valence-corrected chi connectivity index (χ3v) is 4.50. The SMILES string of the molecule is CCc1c(C)c(C(=O)NC(C)C)n(Cc2ccccc2C)c1C. The highest BCUT2D eigenvalue weighted by atomic mass is 16.2. The number of nitrogens with zero attached hydrogens (tertiary/aromatic N) is 1. The molecular formula is C20H28N2O. The van der Waals surface area contributed by atoms with Crippen LogP contribution in [0.2, 0.25) is 0 Å². The fourth-order valence-corrected chi connectivity index (χ4v) is 3.25. The third-order valence-electron chi connectivity index (χ3n) is 4.50. The number of rotatable bonds is 5. The van der Waals surface area contributed by atoms with Gasteiger partial charge in [-0.3, -0.25) is 4.79 Å². The highest BCUT2D eigenvalue weighted by Gasteiger charge is 2.22. The fraction of sp³-hybridized carbons (Fsp3) is 0.450. The summed E-state index contributed by atoms with van der Waals surface area (Å²) in [7, 11) is 0. The van der Waals surface area contributed by atoms with Gasteiger partial charge in [0.25, 0.3) is 5.91 Å². The van der Waals surface area contributed by atoms with Crippen LogP contribution in [-0.4, -0.2) is 16.5 Å². The standard InChI is InChI=1S/C20H28N2O/c1-7-18-15(5)19(20(23)21-13(2)3)22(16(18)6)12-17-11-9-8-10-14(17)4/h8-11,13H,7,12H2,1-6H3,(H,21,23). The van der Waals surface area contributed by atoms with Crippen LogP contribution in [0.5, 0.6) is 0 Å². The topological polar surface area (TPSA) is 34.0 Å². The molecule has 0 radical (unpaired) electrons. The van der Waals surface area contributed by atoms with Crippen LogP contribution in [0.3, 0.4) is 0 Å². The Labute approximate surface area is 139 Å². The van der Waals surface area contributed by atoms with E-state index in [2.05, 4.69) is 61.8 Å². The van der Waals surface area contributed by atoms with Crippen molar-refractivity contribution < 1.29 is 4.79 Å². The Morgan fingerprint density at radius 2 is 1.83 bits per heavy atom. The predicted octanol–water partition coefficient (Wildman–Crippen LogP) is 4.16. The number of hydrogen-bond donors (Lipinski definition) is 1. The van der Waals surface area contributed by atoms with Gasteiger partial charge >= 0.3 is 0 Å². The smallest absolute Gasteiger partial charge is 0.268 e. The number of hydrogen-bond acceptors (Lipinski definition) is 1. The van der Waals surface area contributed by atoms with Gasteiger partial charge in [-0.15, -0.1) is 0 Å². The van der Waals surface area contributed by atoms with Gasteiger partial charge in [0, 0.05) is 18.3 Å². The monoisotopic (exact) mass is 312 g/mol. The summed E-state index contributed by atoms with van der Waals surface area (Å²) in [5, 5.41) is 3.05. The molecule has 2 aromatic rings. The number of aryl methyl sites for hydroxylation is 1. The van der Waals surface area contributed by atoms with E-state index in [0.29, 0.717) is 0 Å². The van der Waals surface area contributed by atoms with Gasteiger partial charge in [-0.05, 0) is 63.3 Å². The van der Waals surface area contributed by atoms with Crippen LogP contribution < -0.4 is 5.32 Å². The molecule has 124 valence electrons. The Morgan fingerprint density at radius 3 is 2.39 bits per heavy atom. The van der Waals surface area contributed by atoms with Crippen molar-refractivity contribution in [3.05, 3.63) is 57.9 Å². The molecule has 0 unspecified atom stereocenters. The van der Waals surface area contributed by atoms with Crippen molar-refractivity contribution in [2.45, 2.75) is 60.5 Å². The molecule has 1 heterocycles. The number of nitrogens with one attached hydrogen (secondary N) is 1. The Kier molecular flexibility index (Phi) is 5.30. The lowest BCUT2D eigenvalue weighted by Gasteiger charge is -2.15. The molecule has 1 amide bonds. The lowest BCUT2D eigenvalue weighted by Crippen LogP contribution is -2.32. The Bertz CT molecular complexity index is 711. The molecule has 1 aromatic carbocycles. The van der Waals surface area contributed by atoms with E-state index in [1.165, 1.54) is 22.4 Å². The highest BCUT2D eigenvalue weighted by Crippen LogP contribution is 2.25. The van der Waals surface area contributed by atoms with Gasteiger partial charge in [0.15, 0.2) is 0 Å². The van der Waals surface area contributed by atoms with Crippen LogP contribution in [0.4, 0.5) is 0 Å². The number of carbonyl (C=O) groups is 1. The van der Waals surface area contributed by atoms with E-state index in [4.69, 9.17) is 0 Å². The van der Waals surface area contributed by atoms with Crippen molar-refractivity contribution in [1.29, 1.82) is 0 Å². The highest BCUT2D eigenvalue weighted by molar-refractivity contribution is 5.95. The van der Waals surface area contributed by atoms with Crippen molar-refractivity contribution in [2.75, 3.05) is 0 Å². The molecule has 3 heteroatoms. The van der Waals surface area contributed by atoms with Crippen molar-refractivity contribution in [3.8, 4) is 0 Å². The van der Waals surface area contributed by atoms with Crippen molar-refractivity contribution >= 4 is 5.91 Å². The maximum absolute atomic E-state index is 12.7. The molecule has 1 N–H and O–H groups in total. The zero-order valence-corrected chi connectivity index (χ0v) is 15.2. The first-order valence-electron chi connectivity index (χ1n) is 8.40. The van der Waals surface area contributed by atoms with E-state index in [-0.39, 0.29) is 11.9 Å². The van der Waals surface area contributed by atoms with Crippen LogP contribution in [0, 0.1) is 20.8 Å². The molecule has 0 saturated heterocycles. The summed E-state index contributed by atoms with van der Waals surface area (Å²) >= 11 is 0. The van der Waals surface area contributed by atoms with Crippen molar-refractivity contribution in [1.82, 2.24) is 9.88 Å². The second kappa shape index (κ2) is 7.03. The first-order chi connectivity index (χ1) is 10.9. The van der Waals surface area contributed by atoms with Gasteiger partial charge in [0.05, 0.1) is 0 Å². The molecule has 0 fully saturated rings. The summed E-state index contributed by atoms with van der Waals surface area (Å²) in [5.41, 5.74) is 6.90. The molecule has 0 aliphatic heterocycles. The summed E-state index contributed by atoms with van der Waals surface area (Å²) in [6.45, 7) is 13.2. The van der Waals surface area contributed by atoms with Crippen molar-refractivity contribution in [3.63, 3.8) is 0 Å². The van der Waals surface area contributed by atoms with Crippen LogP contribution in [-0.2, 0) is 13.0 Å². The van der Waals surface area contributed by atoms with Gasteiger partial charge in [-0.25, -0.2) is 0 Å². The summed E-state index contributed by atoms with van der Waals surface area (Å²) in [4.78, 5) is 12.7. The number of carbonyl (C=O) groups excluding carboxylic acids is 1. The summed E-state index contributed by atoms with van der Waals surface area (Å²) in [6.07, 6.45) is 0.945. The van der Waals surface area contributed by atoms with Gasteiger partial charge in [0.1, 0.15) is 5.69 Å². The van der Waals surface area contributed by atoms with E-state index in [0.717, 1.165) is 24.2 Å². The number of benzene rings is 1. The molecule has 0 spiro atoms. The van der Waals surface area contributed by atoms with E-state index in [1.54, 1.807) is 0 Å². The van der Waals surface area contributed by atoms with Crippen LogP contribution in [0.15, 0.2) is 24.3 Å². The van der Waals surface area contributed by atoms with Gasteiger partial charge < -0.3 is 9.88 Å². The van der Waals surface area contributed by atoms with Gasteiger partial charge in [-0.1, -0.05) is 31.2 Å². The minimum atomic E-state index is 0.0221. The first kappa shape index (κ1) is 17.3. The normalized spacial score (nSPS) is 11.1. The zero-order valence-electron chi connectivity index (χ0n) is 15.2. The second-order valence-corrected chi connectivity index (χ2v) is 6.53. The van der Waals surface area contributed by atoms with Crippen LogP contribution in [0.1, 0.15) is 59.2 Å². The molecule has 2 rings (SSSR count). The molecule has 0 saturated carbocycles. The quantitative estimate of drug-likeness (QED) is 0.883. The minimum absolute atomic E-state index is 0.0221. The molecule has 0 aliphatic rings. The fourth-order valence-electron chi connectivity index (χ4n) is 3.25. The van der Waals surface area contributed by atoms with Gasteiger partial charge in [-0.2, -0.15) is 0 Å². The summed E-state index contributed by atoms with van der Waals surface area (Å²) < 4.78 is 2.17.